The fraction of sp³-hybridized carbons (Fsp3) is 0.105. The average molecular weight is 407 g/mol. The molecule has 144 valence electrons. The normalized spacial score (nSPS) is 11.5. The summed E-state index contributed by atoms with van der Waals surface area (Å²) in [6.07, 6.45) is 0. The molecule has 3 heterocycles. The highest BCUT2D eigenvalue weighted by atomic mass is 32.2. The molecule has 0 saturated carbocycles. The van der Waals surface area contributed by atoms with Crippen molar-refractivity contribution >= 4 is 28.4 Å². The second kappa shape index (κ2) is 6.82. The second-order valence-electron chi connectivity index (χ2n) is 6.37. The number of aromatic amines is 1. The van der Waals surface area contributed by atoms with E-state index in [4.69, 9.17) is 0 Å². The Bertz CT molecular complexity index is 1420. The van der Waals surface area contributed by atoms with Gasteiger partial charge in [-0.2, -0.15) is 0 Å². The Kier molecular flexibility index (Phi) is 4.13. The number of aryl methyl sites for hydroxylation is 1. The standard InChI is InChI=1S/C19H14FN7OS/c1-26-17(28)12-7-3-5-9-14(12)27-15(22-25-19(26)27)10-29-18-21-16(23-24-18)11-6-2-4-8-13(11)20/h2-9H,10H2,1H3,(H,21,23,24). The molecular weight excluding hydrogens is 393 g/mol. The number of thioether (sulfide) groups is 1. The highest BCUT2D eigenvalue weighted by Gasteiger charge is 2.16. The molecule has 29 heavy (non-hydrogen) atoms. The number of H-pyrrole nitrogens is 1. The van der Waals surface area contributed by atoms with E-state index in [1.807, 2.05) is 22.6 Å². The minimum absolute atomic E-state index is 0.122. The highest BCUT2D eigenvalue weighted by Crippen LogP contribution is 2.24. The Balaban J connectivity index is 1.50. The van der Waals surface area contributed by atoms with Crippen LogP contribution in [0.5, 0.6) is 0 Å². The van der Waals surface area contributed by atoms with Gasteiger partial charge in [0.2, 0.25) is 10.9 Å². The van der Waals surface area contributed by atoms with E-state index < -0.39 is 0 Å². The summed E-state index contributed by atoms with van der Waals surface area (Å²) >= 11 is 1.35. The summed E-state index contributed by atoms with van der Waals surface area (Å²) in [7, 11) is 1.67. The Morgan fingerprint density at radius 1 is 1.10 bits per heavy atom. The SMILES string of the molecule is Cn1c(=O)c2ccccc2n2c(CSc3n[nH]c(-c4ccccc4F)n3)nnc12. The highest BCUT2D eigenvalue weighted by molar-refractivity contribution is 7.98. The lowest BCUT2D eigenvalue weighted by Gasteiger charge is -2.07. The van der Waals surface area contributed by atoms with Crippen molar-refractivity contribution in [3.63, 3.8) is 0 Å². The maximum absolute atomic E-state index is 13.9. The molecule has 1 N–H and O–H groups in total. The average Bonchev–Trinajstić information content (AvgIpc) is 3.38. The smallest absolute Gasteiger partial charge is 0.262 e. The van der Waals surface area contributed by atoms with E-state index in [-0.39, 0.29) is 11.4 Å². The van der Waals surface area contributed by atoms with E-state index >= 15 is 0 Å². The third-order valence-electron chi connectivity index (χ3n) is 4.62. The molecular formula is C19H14FN7OS. The van der Waals surface area contributed by atoms with E-state index in [2.05, 4.69) is 25.4 Å². The van der Waals surface area contributed by atoms with Gasteiger partial charge in [0.15, 0.2) is 5.82 Å². The summed E-state index contributed by atoms with van der Waals surface area (Å²) in [5.41, 5.74) is 0.984. The van der Waals surface area contributed by atoms with E-state index in [0.717, 1.165) is 5.52 Å². The molecule has 0 saturated heterocycles. The molecule has 0 radical (unpaired) electrons. The minimum Gasteiger partial charge on any atom is -0.279 e. The van der Waals surface area contributed by atoms with Crippen LogP contribution in [0.3, 0.4) is 0 Å². The van der Waals surface area contributed by atoms with Gasteiger partial charge in [-0.25, -0.2) is 9.37 Å². The summed E-state index contributed by atoms with van der Waals surface area (Å²) < 4.78 is 17.3. The molecule has 0 aliphatic carbocycles. The van der Waals surface area contributed by atoms with Crippen LogP contribution in [-0.2, 0) is 12.8 Å². The van der Waals surface area contributed by atoms with Gasteiger partial charge in [-0.15, -0.1) is 15.3 Å². The van der Waals surface area contributed by atoms with Gasteiger partial charge in [-0.3, -0.25) is 18.9 Å². The number of aromatic nitrogens is 7. The Morgan fingerprint density at radius 2 is 1.90 bits per heavy atom. The molecule has 0 fully saturated rings. The monoisotopic (exact) mass is 407 g/mol. The topological polar surface area (TPSA) is 93.8 Å². The van der Waals surface area contributed by atoms with Crippen molar-refractivity contribution in [3.05, 3.63) is 70.5 Å². The largest absolute Gasteiger partial charge is 0.279 e. The lowest BCUT2D eigenvalue weighted by Crippen LogP contribution is -2.20. The van der Waals surface area contributed by atoms with Gasteiger partial charge < -0.3 is 0 Å². The van der Waals surface area contributed by atoms with Crippen LogP contribution < -0.4 is 5.56 Å². The van der Waals surface area contributed by atoms with Crippen molar-refractivity contribution < 1.29 is 4.39 Å². The van der Waals surface area contributed by atoms with Crippen LogP contribution in [0.4, 0.5) is 4.39 Å². The molecule has 0 atom stereocenters. The summed E-state index contributed by atoms with van der Waals surface area (Å²) in [5, 5.41) is 16.4. The summed E-state index contributed by atoms with van der Waals surface area (Å²) in [4.78, 5) is 16.9. The number of rotatable bonds is 4. The molecule has 0 amide bonds. The van der Waals surface area contributed by atoms with Crippen LogP contribution in [0.15, 0.2) is 58.5 Å². The predicted octanol–water partition coefficient (Wildman–Crippen LogP) is 2.80. The van der Waals surface area contributed by atoms with Crippen LogP contribution in [0, 0.1) is 5.82 Å². The maximum atomic E-state index is 13.9. The first-order valence-electron chi connectivity index (χ1n) is 8.75. The summed E-state index contributed by atoms with van der Waals surface area (Å²) in [6.45, 7) is 0. The number of nitrogens with one attached hydrogen (secondary N) is 1. The molecule has 0 bridgehead atoms. The van der Waals surface area contributed by atoms with Gasteiger partial charge >= 0.3 is 0 Å². The third-order valence-corrected chi connectivity index (χ3v) is 5.46. The van der Waals surface area contributed by atoms with Crippen molar-refractivity contribution in [1.29, 1.82) is 0 Å². The van der Waals surface area contributed by atoms with Gasteiger partial charge in [-0.1, -0.05) is 36.0 Å². The Morgan fingerprint density at radius 3 is 2.76 bits per heavy atom. The number of para-hydroxylation sites is 1. The van der Waals surface area contributed by atoms with Gasteiger partial charge in [0.05, 0.1) is 22.2 Å². The maximum Gasteiger partial charge on any atom is 0.262 e. The molecule has 0 aliphatic heterocycles. The van der Waals surface area contributed by atoms with Crippen LogP contribution in [0.25, 0.3) is 28.1 Å². The molecule has 0 unspecified atom stereocenters. The third kappa shape index (κ3) is 2.88. The van der Waals surface area contributed by atoms with E-state index in [0.29, 0.717) is 39.3 Å². The van der Waals surface area contributed by atoms with Crippen LogP contribution in [0.1, 0.15) is 5.82 Å². The summed E-state index contributed by atoms with van der Waals surface area (Å²) in [5.74, 6) is 1.55. The molecule has 3 aromatic heterocycles. The number of hydrogen-bond donors (Lipinski definition) is 1. The molecule has 0 spiro atoms. The first-order valence-corrected chi connectivity index (χ1v) is 9.74. The van der Waals surface area contributed by atoms with Gasteiger partial charge in [0.1, 0.15) is 11.6 Å². The zero-order valence-corrected chi connectivity index (χ0v) is 16.0. The number of nitrogens with zero attached hydrogens (tertiary/aromatic N) is 6. The van der Waals surface area contributed by atoms with E-state index in [1.165, 1.54) is 22.4 Å². The first kappa shape index (κ1) is 17.6. The zero-order valence-electron chi connectivity index (χ0n) is 15.2. The lowest BCUT2D eigenvalue weighted by atomic mass is 10.2. The van der Waals surface area contributed by atoms with Gasteiger partial charge in [0.25, 0.3) is 5.56 Å². The van der Waals surface area contributed by atoms with Crippen LogP contribution >= 0.6 is 11.8 Å². The minimum atomic E-state index is -0.365. The van der Waals surface area contributed by atoms with Crippen molar-refractivity contribution in [2.24, 2.45) is 7.05 Å². The first-order chi connectivity index (χ1) is 14.1. The predicted molar refractivity (Wildman–Crippen MR) is 107 cm³/mol. The molecule has 2 aromatic carbocycles. The van der Waals surface area contributed by atoms with Crippen LogP contribution in [0.2, 0.25) is 0 Å². The second-order valence-corrected chi connectivity index (χ2v) is 7.31. The van der Waals surface area contributed by atoms with Crippen molar-refractivity contribution in [2.45, 2.75) is 10.9 Å². The van der Waals surface area contributed by atoms with Gasteiger partial charge in [-0.05, 0) is 24.3 Å². The number of benzene rings is 2. The fourth-order valence-corrected chi connectivity index (χ4v) is 3.91. The number of hydrogen-bond acceptors (Lipinski definition) is 6. The molecule has 5 rings (SSSR count). The Labute approximate surface area is 167 Å². The number of halogens is 1. The summed E-state index contributed by atoms with van der Waals surface area (Å²) in [6, 6.07) is 13.7. The van der Waals surface area contributed by atoms with Crippen molar-refractivity contribution in [1.82, 2.24) is 34.3 Å². The fourth-order valence-electron chi connectivity index (χ4n) is 3.20. The zero-order chi connectivity index (χ0) is 20.0. The van der Waals surface area contributed by atoms with Crippen molar-refractivity contribution in [3.8, 4) is 11.4 Å². The van der Waals surface area contributed by atoms with E-state index in [9.17, 15) is 9.18 Å². The van der Waals surface area contributed by atoms with E-state index in [1.54, 1.807) is 31.3 Å². The van der Waals surface area contributed by atoms with Crippen molar-refractivity contribution in [2.75, 3.05) is 0 Å². The van der Waals surface area contributed by atoms with Gasteiger partial charge in [0, 0.05) is 7.05 Å². The molecule has 10 heteroatoms. The molecule has 5 aromatic rings. The van der Waals surface area contributed by atoms with Crippen LogP contribution in [-0.4, -0.2) is 34.3 Å². The number of fused-ring (bicyclic) bond motifs is 3. The Hall–Kier alpha value is -3.53. The molecule has 8 nitrogen and oxygen atoms in total. The quantitative estimate of drug-likeness (QED) is 0.461. The lowest BCUT2D eigenvalue weighted by molar-refractivity contribution is 0.630. The molecule has 0 aliphatic rings.